The largest absolute Gasteiger partial charge is 0.465 e. The monoisotopic (exact) mass is 357 g/mol. The molecule has 0 spiro atoms. The standard InChI is InChI=1S/C20H27N3O3/c1-7-16-17(20(25)26-6)13(2)18(21-16)19(24)23(5)12-14-8-10-15(11-9-14)22(3)4/h8-11,21H,7,12H2,1-6H3. The normalized spacial score (nSPS) is 10.5. The Labute approximate surface area is 154 Å². The second-order valence-electron chi connectivity index (χ2n) is 6.55. The maximum atomic E-state index is 12.9. The summed E-state index contributed by atoms with van der Waals surface area (Å²) in [4.78, 5) is 31.7. The fourth-order valence-electron chi connectivity index (χ4n) is 2.95. The minimum absolute atomic E-state index is 0.149. The first-order valence-corrected chi connectivity index (χ1v) is 8.61. The van der Waals surface area contributed by atoms with Crippen LogP contribution in [0.15, 0.2) is 24.3 Å². The van der Waals surface area contributed by atoms with Crippen LogP contribution in [-0.2, 0) is 17.7 Å². The number of carbonyl (C=O) groups excluding carboxylic acids is 2. The van der Waals surface area contributed by atoms with Gasteiger partial charge in [-0.05, 0) is 36.6 Å². The zero-order chi connectivity index (χ0) is 19.4. The van der Waals surface area contributed by atoms with Crippen LogP contribution in [0.25, 0.3) is 0 Å². The maximum Gasteiger partial charge on any atom is 0.339 e. The Kier molecular flexibility index (Phi) is 6.08. The molecule has 1 heterocycles. The predicted molar refractivity (Wildman–Crippen MR) is 103 cm³/mol. The third-order valence-corrected chi connectivity index (χ3v) is 4.50. The van der Waals surface area contributed by atoms with Gasteiger partial charge in [0.05, 0.1) is 12.7 Å². The summed E-state index contributed by atoms with van der Waals surface area (Å²) in [5.41, 5.74) is 4.41. The van der Waals surface area contributed by atoms with Crippen molar-refractivity contribution in [3.63, 3.8) is 0 Å². The molecule has 0 fully saturated rings. The molecule has 0 aliphatic rings. The Morgan fingerprint density at radius 2 is 1.73 bits per heavy atom. The van der Waals surface area contributed by atoms with Gasteiger partial charge >= 0.3 is 5.97 Å². The molecular formula is C20H27N3O3. The van der Waals surface area contributed by atoms with Crippen LogP contribution >= 0.6 is 0 Å². The van der Waals surface area contributed by atoms with Crippen molar-refractivity contribution in [1.29, 1.82) is 0 Å². The van der Waals surface area contributed by atoms with E-state index in [1.165, 1.54) is 7.11 Å². The Bertz CT molecular complexity index is 791. The number of benzene rings is 1. The molecule has 0 aliphatic heterocycles. The fourth-order valence-corrected chi connectivity index (χ4v) is 2.95. The van der Waals surface area contributed by atoms with Crippen molar-refractivity contribution >= 4 is 17.6 Å². The third kappa shape index (κ3) is 3.90. The van der Waals surface area contributed by atoms with Crippen molar-refractivity contribution in [3.05, 3.63) is 52.3 Å². The third-order valence-electron chi connectivity index (χ3n) is 4.50. The Balaban J connectivity index is 2.22. The molecule has 0 bridgehead atoms. The van der Waals surface area contributed by atoms with Gasteiger partial charge < -0.3 is 19.5 Å². The number of aryl methyl sites for hydroxylation is 1. The maximum absolute atomic E-state index is 12.9. The number of aromatic nitrogens is 1. The van der Waals surface area contributed by atoms with E-state index in [2.05, 4.69) is 4.98 Å². The highest BCUT2D eigenvalue weighted by atomic mass is 16.5. The van der Waals surface area contributed by atoms with Crippen molar-refractivity contribution in [2.75, 3.05) is 33.2 Å². The van der Waals surface area contributed by atoms with Crippen molar-refractivity contribution in [2.24, 2.45) is 0 Å². The second kappa shape index (κ2) is 8.08. The van der Waals surface area contributed by atoms with Crippen LogP contribution in [0.4, 0.5) is 5.69 Å². The molecular weight excluding hydrogens is 330 g/mol. The molecule has 1 aromatic heterocycles. The number of methoxy groups -OCH3 is 1. The molecule has 2 rings (SSSR count). The molecule has 6 nitrogen and oxygen atoms in total. The van der Waals surface area contributed by atoms with E-state index >= 15 is 0 Å². The van der Waals surface area contributed by atoms with E-state index in [1.54, 1.807) is 18.9 Å². The van der Waals surface area contributed by atoms with Gasteiger partial charge in [0.15, 0.2) is 0 Å². The van der Waals surface area contributed by atoms with Crippen LogP contribution in [0.5, 0.6) is 0 Å². The van der Waals surface area contributed by atoms with Crippen LogP contribution in [0, 0.1) is 6.92 Å². The minimum atomic E-state index is -0.420. The highest BCUT2D eigenvalue weighted by Gasteiger charge is 2.25. The number of ether oxygens (including phenoxy) is 1. The first kappa shape index (κ1) is 19.6. The lowest BCUT2D eigenvalue weighted by molar-refractivity contribution is 0.0599. The van der Waals surface area contributed by atoms with Gasteiger partial charge in [-0.3, -0.25) is 4.79 Å². The lowest BCUT2D eigenvalue weighted by Crippen LogP contribution is -2.27. The highest BCUT2D eigenvalue weighted by Crippen LogP contribution is 2.22. The van der Waals surface area contributed by atoms with Gasteiger partial charge in [0.2, 0.25) is 0 Å². The van der Waals surface area contributed by atoms with Crippen molar-refractivity contribution in [1.82, 2.24) is 9.88 Å². The molecule has 0 saturated carbocycles. The van der Waals surface area contributed by atoms with Gasteiger partial charge in [-0.1, -0.05) is 19.1 Å². The number of esters is 1. The number of anilines is 1. The highest BCUT2D eigenvalue weighted by molar-refractivity contribution is 6.00. The number of amides is 1. The molecule has 1 N–H and O–H groups in total. The fraction of sp³-hybridized carbons (Fsp3) is 0.400. The van der Waals surface area contributed by atoms with E-state index in [0.717, 1.165) is 16.9 Å². The van der Waals surface area contributed by atoms with Gasteiger partial charge in [-0.2, -0.15) is 0 Å². The smallest absolute Gasteiger partial charge is 0.339 e. The number of rotatable bonds is 6. The van der Waals surface area contributed by atoms with Crippen LogP contribution in [0.3, 0.4) is 0 Å². The summed E-state index contributed by atoms with van der Waals surface area (Å²) >= 11 is 0. The molecule has 0 atom stereocenters. The number of H-pyrrole nitrogens is 1. The van der Waals surface area contributed by atoms with Crippen molar-refractivity contribution in [2.45, 2.75) is 26.8 Å². The van der Waals surface area contributed by atoms with E-state index in [-0.39, 0.29) is 5.91 Å². The van der Waals surface area contributed by atoms with E-state index in [1.807, 2.05) is 50.2 Å². The van der Waals surface area contributed by atoms with E-state index in [9.17, 15) is 9.59 Å². The molecule has 0 unspecified atom stereocenters. The summed E-state index contributed by atoms with van der Waals surface area (Å²) in [6.45, 7) is 4.19. The van der Waals surface area contributed by atoms with Gasteiger partial charge in [0.1, 0.15) is 5.69 Å². The van der Waals surface area contributed by atoms with Crippen LogP contribution in [-0.4, -0.2) is 50.0 Å². The van der Waals surface area contributed by atoms with Gasteiger partial charge in [-0.25, -0.2) is 4.79 Å². The quantitative estimate of drug-likeness (QED) is 0.807. The van der Waals surface area contributed by atoms with E-state index < -0.39 is 5.97 Å². The summed E-state index contributed by atoms with van der Waals surface area (Å²) < 4.78 is 4.85. The molecule has 140 valence electrons. The number of hydrogen-bond donors (Lipinski definition) is 1. The van der Waals surface area contributed by atoms with Crippen molar-refractivity contribution in [3.8, 4) is 0 Å². The number of nitrogens with zero attached hydrogens (tertiary/aromatic N) is 2. The average Bonchev–Trinajstić information content (AvgIpc) is 2.97. The molecule has 1 aromatic carbocycles. The molecule has 0 aliphatic carbocycles. The first-order chi connectivity index (χ1) is 12.3. The first-order valence-electron chi connectivity index (χ1n) is 8.61. The summed E-state index contributed by atoms with van der Waals surface area (Å²) in [5, 5.41) is 0. The van der Waals surface area contributed by atoms with Gasteiger partial charge in [0.25, 0.3) is 5.91 Å². The van der Waals surface area contributed by atoms with Crippen LogP contribution < -0.4 is 4.90 Å². The summed E-state index contributed by atoms with van der Waals surface area (Å²) in [7, 11) is 7.08. The van der Waals surface area contributed by atoms with Gasteiger partial charge in [-0.15, -0.1) is 0 Å². The Morgan fingerprint density at radius 1 is 1.12 bits per heavy atom. The molecule has 0 saturated heterocycles. The second-order valence-corrected chi connectivity index (χ2v) is 6.55. The predicted octanol–water partition coefficient (Wildman–Crippen LogP) is 3.01. The topological polar surface area (TPSA) is 65.6 Å². The molecule has 0 radical (unpaired) electrons. The zero-order valence-corrected chi connectivity index (χ0v) is 16.3. The Morgan fingerprint density at radius 3 is 2.23 bits per heavy atom. The number of carbonyl (C=O) groups is 2. The number of hydrogen-bond acceptors (Lipinski definition) is 4. The SMILES string of the molecule is CCc1[nH]c(C(=O)N(C)Cc2ccc(N(C)C)cc2)c(C)c1C(=O)OC. The average molecular weight is 357 g/mol. The lowest BCUT2D eigenvalue weighted by atomic mass is 10.1. The van der Waals surface area contributed by atoms with Crippen LogP contribution in [0.2, 0.25) is 0 Å². The van der Waals surface area contributed by atoms with Crippen LogP contribution in [0.1, 0.15) is 44.6 Å². The summed E-state index contributed by atoms with van der Waals surface area (Å²) in [6, 6.07) is 8.08. The number of nitrogens with one attached hydrogen (secondary N) is 1. The molecule has 1 amide bonds. The van der Waals surface area contributed by atoms with E-state index in [4.69, 9.17) is 4.74 Å². The Hall–Kier alpha value is -2.76. The zero-order valence-electron chi connectivity index (χ0n) is 16.3. The van der Waals surface area contributed by atoms with Crippen molar-refractivity contribution < 1.29 is 14.3 Å². The molecule has 26 heavy (non-hydrogen) atoms. The number of aromatic amines is 1. The minimum Gasteiger partial charge on any atom is -0.465 e. The van der Waals surface area contributed by atoms with Gasteiger partial charge in [0, 0.05) is 39.1 Å². The summed E-state index contributed by atoms with van der Waals surface area (Å²) in [5.74, 6) is -0.569. The molecule has 6 heteroatoms. The molecule has 2 aromatic rings. The lowest BCUT2D eigenvalue weighted by Gasteiger charge is -2.18. The summed E-state index contributed by atoms with van der Waals surface area (Å²) in [6.07, 6.45) is 0.619. The van der Waals surface area contributed by atoms with E-state index in [0.29, 0.717) is 29.8 Å².